The summed E-state index contributed by atoms with van der Waals surface area (Å²) in [5.41, 5.74) is 0.937. The van der Waals surface area contributed by atoms with E-state index in [0.717, 1.165) is 11.3 Å². The van der Waals surface area contributed by atoms with Gasteiger partial charge in [-0.25, -0.2) is 0 Å². The van der Waals surface area contributed by atoms with Gasteiger partial charge in [-0.05, 0) is 30.5 Å². The number of methoxy groups -OCH3 is 1. The van der Waals surface area contributed by atoms with Crippen LogP contribution in [0.5, 0.6) is 5.75 Å². The summed E-state index contributed by atoms with van der Waals surface area (Å²) >= 11 is 0. The zero-order chi connectivity index (χ0) is 21.9. The number of rotatable bonds is 6. The summed E-state index contributed by atoms with van der Waals surface area (Å²) < 4.78 is 45.9. The van der Waals surface area contributed by atoms with Crippen molar-refractivity contribution in [2.45, 2.75) is 38.0 Å². The van der Waals surface area contributed by atoms with Gasteiger partial charge in [0.25, 0.3) is 10.2 Å². The van der Waals surface area contributed by atoms with Gasteiger partial charge in [0.2, 0.25) is 5.91 Å². The number of hydrogen-bond donors (Lipinski definition) is 1. The first kappa shape index (κ1) is 22.5. The second-order valence-electron chi connectivity index (χ2n) is 8.28. The number of amides is 1. The van der Waals surface area contributed by atoms with E-state index in [1.807, 2.05) is 24.3 Å². The van der Waals surface area contributed by atoms with E-state index in [0.29, 0.717) is 65.1 Å². The monoisotopic (exact) mass is 453 g/mol. The number of ether oxygens (including phenoxy) is 3. The van der Waals surface area contributed by atoms with Crippen LogP contribution in [0.2, 0.25) is 0 Å². The number of nitrogens with one attached hydrogen (secondary N) is 1. The van der Waals surface area contributed by atoms with E-state index < -0.39 is 16.0 Å². The quantitative estimate of drug-likeness (QED) is 0.693. The average molecular weight is 454 g/mol. The average Bonchev–Trinajstić information content (AvgIpc) is 3.25. The molecule has 0 aliphatic carbocycles. The van der Waals surface area contributed by atoms with E-state index >= 15 is 0 Å². The van der Waals surface area contributed by atoms with Gasteiger partial charge in [0, 0.05) is 45.6 Å². The van der Waals surface area contributed by atoms with E-state index in [4.69, 9.17) is 14.2 Å². The fourth-order valence-corrected chi connectivity index (χ4v) is 6.19. The third kappa shape index (κ3) is 5.04. The summed E-state index contributed by atoms with van der Waals surface area (Å²) in [5.74, 6) is -0.352. The molecule has 3 fully saturated rings. The molecule has 0 saturated carbocycles. The smallest absolute Gasteiger partial charge is 0.282 e. The van der Waals surface area contributed by atoms with E-state index in [1.54, 1.807) is 7.11 Å². The van der Waals surface area contributed by atoms with Crippen molar-refractivity contribution in [2.24, 2.45) is 5.92 Å². The molecule has 1 amide bonds. The highest BCUT2D eigenvalue weighted by Gasteiger charge is 2.44. The molecule has 1 N–H and O–H groups in total. The molecular formula is C21H31N3O6S. The number of benzene rings is 1. The van der Waals surface area contributed by atoms with Gasteiger partial charge in [0.05, 0.1) is 26.2 Å². The third-order valence-electron chi connectivity index (χ3n) is 6.31. The minimum Gasteiger partial charge on any atom is -0.497 e. The molecular weight excluding hydrogens is 422 g/mol. The minimum absolute atomic E-state index is 0.118. The van der Waals surface area contributed by atoms with Gasteiger partial charge in [0.15, 0.2) is 5.79 Å². The molecule has 0 aromatic heterocycles. The van der Waals surface area contributed by atoms with Crippen LogP contribution >= 0.6 is 0 Å². The summed E-state index contributed by atoms with van der Waals surface area (Å²) in [4.78, 5) is 12.7. The molecule has 10 heteroatoms. The molecule has 9 nitrogen and oxygen atoms in total. The van der Waals surface area contributed by atoms with E-state index in [2.05, 4.69) is 5.32 Å². The Hall–Kier alpha value is -1.72. The van der Waals surface area contributed by atoms with Crippen LogP contribution in [0, 0.1) is 5.92 Å². The van der Waals surface area contributed by atoms with E-state index in [-0.39, 0.29) is 18.4 Å². The summed E-state index contributed by atoms with van der Waals surface area (Å²) in [5, 5.41) is 2.94. The highest BCUT2D eigenvalue weighted by molar-refractivity contribution is 7.86. The largest absolute Gasteiger partial charge is 0.497 e. The number of hydrogen-bond acceptors (Lipinski definition) is 6. The fourth-order valence-electron chi connectivity index (χ4n) is 4.49. The van der Waals surface area contributed by atoms with Crippen LogP contribution in [0.4, 0.5) is 0 Å². The lowest BCUT2D eigenvalue weighted by molar-refractivity contribution is -0.179. The summed E-state index contributed by atoms with van der Waals surface area (Å²) in [6.45, 7) is 2.89. The minimum atomic E-state index is -3.61. The topological polar surface area (TPSA) is 97.4 Å². The molecule has 3 heterocycles. The molecule has 1 atom stereocenters. The van der Waals surface area contributed by atoms with Crippen molar-refractivity contribution in [1.29, 1.82) is 0 Å². The Bertz CT molecular complexity index is 877. The summed E-state index contributed by atoms with van der Waals surface area (Å²) in [6, 6.07) is 7.52. The molecule has 3 aliphatic heterocycles. The predicted molar refractivity (Wildman–Crippen MR) is 113 cm³/mol. The third-order valence-corrected chi connectivity index (χ3v) is 8.31. The standard InChI is InChI=1S/C21H31N3O6S/c1-28-19-6-2-4-17(14-19)15-22-20(25)18-5-3-9-24(16-18)31(26,27)23-10-7-21(8-11-23)29-12-13-30-21/h2,4,6,14,18H,3,5,7-13,15-16H2,1H3,(H,22,25). The van der Waals surface area contributed by atoms with Crippen molar-refractivity contribution in [3.05, 3.63) is 29.8 Å². The normalized spacial score (nSPS) is 24.9. The van der Waals surface area contributed by atoms with Crippen molar-refractivity contribution in [3.63, 3.8) is 0 Å². The Labute approximate surface area is 183 Å². The molecule has 4 rings (SSSR count). The number of carbonyl (C=O) groups excluding carboxylic acids is 1. The van der Waals surface area contributed by atoms with Crippen molar-refractivity contribution < 1.29 is 27.4 Å². The van der Waals surface area contributed by atoms with Crippen LogP contribution in [0.1, 0.15) is 31.2 Å². The molecule has 1 aromatic carbocycles. The van der Waals surface area contributed by atoms with Crippen molar-refractivity contribution in [3.8, 4) is 5.75 Å². The van der Waals surface area contributed by atoms with Gasteiger partial charge < -0.3 is 19.5 Å². The first-order valence-corrected chi connectivity index (χ1v) is 12.3. The van der Waals surface area contributed by atoms with Crippen LogP contribution in [0.3, 0.4) is 0 Å². The Balaban J connectivity index is 1.32. The van der Waals surface area contributed by atoms with Crippen molar-refractivity contribution in [1.82, 2.24) is 13.9 Å². The molecule has 1 aromatic rings. The maximum absolute atomic E-state index is 13.2. The van der Waals surface area contributed by atoms with Gasteiger partial charge in [0.1, 0.15) is 5.75 Å². The van der Waals surface area contributed by atoms with Gasteiger partial charge in [-0.2, -0.15) is 17.0 Å². The van der Waals surface area contributed by atoms with E-state index in [9.17, 15) is 13.2 Å². The molecule has 1 unspecified atom stereocenters. The lowest BCUT2D eigenvalue weighted by Gasteiger charge is -2.40. The van der Waals surface area contributed by atoms with Gasteiger partial charge >= 0.3 is 0 Å². The van der Waals surface area contributed by atoms with Crippen LogP contribution in [0.25, 0.3) is 0 Å². The van der Waals surface area contributed by atoms with Crippen molar-refractivity contribution >= 4 is 16.1 Å². The zero-order valence-corrected chi connectivity index (χ0v) is 18.7. The molecule has 172 valence electrons. The highest BCUT2D eigenvalue weighted by atomic mass is 32.2. The predicted octanol–water partition coefficient (Wildman–Crippen LogP) is 1.11. The molecule has 3 aliphatic rings. The SMILES string of the molecule is COc1cccc(CNC(=O)C2CCCN(S(=O)(=O)N3CCC4(CC3)OCCO4)C2)c1. The number of carbonyl (C=O) groups is 1. The summed E-state index contributed by atoms with van der Waals surface area (Å²) in [7, 11) is -2.01. The Morgan fingerprint density at radius 1 is 1.19 bits per heavy atom. The Morgan fingerprint density at radius 2 is 1.94 bits per heavy atom. The van der Waals surface area contributed by atoms with E-state index in [1.165, 1.54) is 8.61 Å². The Kier molecular flexibility index (Phi) is 6.83. The van der Waals surface area contributed by atoms with Crippen LogP contribution in [-0.2, 0) is 31.0 Å². The van der Waals surface area contributed by atoms with Crippen LogP contribution < -0.4 is 10.1 Å². The first-order valence-electron chi connectivity index (χ1n) is 10.9. The number of piperidine rings is 2. The molecule has 31 heavy (non-hydrogen) atoms. The summed E-state index contributed by atoms with van der Waals surface area (Å²) in [6.07, 6.45) is 2.41. The lowest BCUT2D eigenvalue weighted by Crippen LogP contribution is -2.54. The van der Waals surface area contributed by atoms with Gasteiger partial charge in [-0.15, -0.1) is 0 Å². The number of nitrogens with zero attached hydrogens (tertiary/aromatic N) is 2. The van der Waals surface area contributed by atoms with Gasteiger partial charge in [-0.1, -0.05) is 12.1 Å². The van der Waals surface area contributed by atoms with Crippen molar-refractivity contribution in [2.75, 3.05) is 46.5 Å². The zero-order valence-electron chi connectivity index (χ0n) is 17.9. The maximum atomic E-state index is 13.2. The second kappa shape index (κ2) is 9.41. The van der Waals surface area contributed by atoms with Crippen LogP contribution in [0.15, 0.2) is 24.3 Å². The second-order valence-corrected chi connectivity index (χ2v) is 10.2. The van der Waals surface area contributed by atoms with Crippen LogP contribution in [-0.4, -0.2) is 75.2 Å². The maximum Gasteiger partial charge on any atom is 0.282 e. The molecule has 0 radical (unpaired) electrons. The highest BCUT2D eigenvalue weighted by Crippen LogP contribution is 2.33. The molecule has 1 spiro atoms. The fraction of sp³-hybridized carbons (Fsp3) is 0.667. The molecule has 3 saturated heterocycles. The lowest BCUT2D eigenvalue weighted by atomic mass is 9.99. The first-order chi connectivity index (χ1) is 14.9. The molecule has 0 bridgehead atoms. The van der Waals surface area contributed by atoms with Gasteiger partial charge in [-0.3, -0.25) is 4.79 Å². The Morgan fingerprint density at radius 3 is 2.65 bits per heavy atom.